The highest BCUT2D eigenvalue weighted by atomic mass is 16.2. The Labute approximate surface area is 126 Å². The Balaban J connectivity index is 1.58. The van der Waals surface area contributed by atoms with E-state index in [1.165, 1.54) is 17.5 Å². The van der Waals surface area contributed by atoms with Gasteiger partial charge in [-0.2, -0.15) is 0 Å². The Morgan fingerprint density at radius 2 is 1.90 bits per heavy atom. The molecule has 0 spiro atoms. The monoisotopic (exact) mass is 284 g/mol. The molecule has 0 bridgehead atoms. The number of hydrogen-bond donors (Lipinski definition) is 1. The van der Waals surface area contributed by atoms with Crippen LogP contribution < -0.4 is 5.32 Å². The van der Waals surface area contributed by atoms with Crippen LogP contribution in [0.4, 0.5) is 0 Å². The summed E-state index contributed by atoms with van der Waals surface area (Å²) < 4.78 is 0. The van der Waals surface area contributed by atoms with Crippen LogP contribution in [-0.4, -0.2) is 36.0 Å². The molecule has 2 aliphatic carbocycles. The molecular weight excluding hydrogens is 260 g/mol. The molecule has 1 N–H and O–H groups in total. The maximum absolute atomic E-state index is 13.1. The van der Waals surface area contributed by atoms with Gasteiger partial charge in [0.1, 0.15) is 0 Å². The zero-order valence-electron chi connectivity index (χ0n) is 12.9. The molecule has 1 aromatic carbocycles. The lowest BCUT2D eigenvalue weighted by atomic mass is 9.92. The first-order valence-electron chi connectivity index (χ1n) is 8.29. The molecule has 1 aliphatic heterocycles. The van der Waals surface area contributed by atoms with Crippen molar-refractivity contribution >= 4 is 5.91 Å². The molecule has 5 unspecified atom stereocenters. The number of rotatable bonds is 1. The van der Waals surface area contributed by atoms with Gasteiger partial charge in [-0.3, -0.25) is 4.79 Å². The lowest BCUT2D eigenvalue weighted by Gasteiger charge is -2.39. The zero-order valence-corrected chi connectivity index (χ0v) is 12.9. The van der Waals surface area contributed by atoms with Gasteiger partial charge in [0.25, 0.3) is 0 Å². The summed E-state index contributed by atoms with van der Waals surface area (Å²) in [5, 5.41) is 3.41. The highest BCUT2D eigenvalue weighted by molar-refractivity contribution is 5.85. The Kier molecular flexibility index (Phi) is 3.07. The summed E-state index contributed by atoms with van der Waals surface area (Å²) in [6, 6.07) is 9.36. The quantitative estimate of drug-likeness (QED) is 0.857. The average molecular weight is 284 g/mol. The molecule has 1 amide bonds. The zero-order chi connectivity index (χ0) is 14.6. The fourth-order valence-corrected chi connectivity index (χ4v) is 4.64. The van der Waals surface area contributed by atoms with Crippen molar-refractivity contribution in [2.45, 2.75) is 44.7 Å². The second kappa shape index (κ2) is 4.84. The van der Waals surface area contributed by atoms with E-state index in [0.29, 0.717) is 29.8 Å². The molecule has 21 heavy (non-hydrogen) atoms. The van der Waals surface area contributed by atoms with E-state index in [1.54, 1.807) is 0 Å². The highest BCUT2D eigenvalue weighted by Gasteiger charge is 2.58. The van der Waals surface area contributed by atoms with Crippen LogP contribution in [0, 0.1) is 11.8 Å². The summed E-state index contributed by atoms with van der Waals surface area (Å²) in [6.45, 7) is 6.19. The molecule has 1 saturated heterocycles. The van der Waals surface area contributed by atoms with Gasteiger partial charge in [-0.15, -0.1) is 0 Å². The standard InChI is InChI=1S/C18H24N2O/c1-11-9-19-10-12(2)20(11)18(21)17-15-8-7-13-5-3-4-6-14(13)16(15)17/h3-6,11-12,15-17,19H,7-10H2,1-2H3. The number of nitrogens with zero attached hydrogens (tertiary/aromatic N) is 1. The first-order valence-corrected chi connectivity index (χ1v) is 8.29. The minimum atomic E-state index is 0.247. The topological polar surface area (TPSA) is 32.3 Å². The van der Waals surface area contributed by atoms with E-state index < -0.39 is 0 Å². The van der Waals surface area contributed by atoms with E-state index in [1.807, 2.05) is 0 Å². The normalized spacial score (nSPS) is 37.6. The van der Waals surface area contributed by atoms with Gasteiger partial charge >= 0.3 is 0 Å². The van der Waals surface area contributed by atoms with Crippen LogP contribution in [0.15, 0.2) is 24.3 Å². The Bertz CT molecular complexity index is 560. The van der Waals surface area contributed by atoms with Gasteiger partial charge in [0.2, 0.25) is 5.91 Å². The van der Waals surface area contributed by atoms with Crippen molar-refractivity contribution in [2.75, 3.05) is 13.1 Å². The molecular formula is C18H24N2O. The average Bonchev–Trinajstić information content (AvgIpc) is 3.22. The van der Waals surface area contributed by atoms with E-state index in [2.05, 4.69) is 48.3 Å². The third kappa shape index (κ3) is 2.02. The second-order valence-corrected chi connectivity index (χ2v) is 7.05. The number of amides is 1. The number of piperazine rings is 1. The first-order chi connectivity index (χ1) is 10.2. The van der Waals surface area contributed by atoms with E-state index >= 15 is 0 Å². The fraction of sp³-hybridized carbons (Fsp3) is 0.611. The molecule has 112 valence electrons. The maximum Gasteiger partial charge on any atom is 0.227 e. The molecule has 1 aromatic rings. The molecule has 4 rings (SSSR count). The lowest BCUT2D eigenvalue weighted by molar-refractivity contribution is -0.138. The first kappa shape index (κ1) is 13.3. The number of aryl methyl sites for hydroxylation is 1. The molecule has 0 radical (unpaired) electrons. The van der Waals surface area contributed by atoms with E-state index in [-0.39, 0.29) is 5.92 Å². The molecule has 3 heteroatoms. The van der Waals surface area contributed by atoms with Crippen LogP contribution >= 0.6 is 0 Å². The third-order valence-corrected chi connectivity index (χ3v) is 5.70. The summed E-state index contributed by atoms with van der Waals surface area (Å²) in [4.78, 5) is 15.2. The Morgan fingerprint density at radius 1 is 1.19 bits per heavy atom. The smallest absolute Gasteiger partial charge is 0.227 e. The van der Waals surface area contributed by atoms with Crippen LogP contribution in [0.1, 0.15) is 37.3 Å². The van der Waals surface area contributed by atoms with E-state index in [9.17, 15) is 4.79 Å². The van der Waals surface area contributed by atoms with Crippen LogP contribution in [0.5, 0.6) is 0 Å². The van der Waals surface area contributed by atoms with Gasteiger partial charge in [0.05, 0.1) is 0 Å². The van der Waals surface area contributed by atoms with Gasteiger partial charge in [0.15, 0.2) is 0 Å². The number of nitrogens with one attached hydrogen (secondary N) is 1. The van der Waals surface area contributed by atoms with Gasteiger partial charge < -0.3 is 10.2 Å². The predicted molar refractivity (Wildman–Crippen MR) is 83.1 cm³/mol. The van der Waals surface area contributed by atoms with E-state index in [0.717, 1.165) is 19.5 Å². The summed E-state index contributed by atoms with van der Waals surface area (Å²) in [6.07, 6.45) is 2.33. The van der Waals surface area contributed by atoms with Crippen molar-refractivity contribution < 1.29 is 4.79 Å². The van der Waals surface area contributed by atoms with Crippen molar-refractivity contribution in [2.24, 2.45) is 11.8 Å². The number of fused-ring (bicyclic) bond motifs is 3. The van der Waals surface area contributed by atoms with Gasteiger partial charge in [-0.05, 0) is 49.7 Å². The maximum atomic E-state index is 13.1. The molecule has 0 aromatic heterocycles. The molecule has 2 fully saturated rings. The van der Waals surface area contributed by atoms with Crippen molar-refractivity contribution in [1.82, 2.24) is 10.2 Å². The molecule has 3 nitrogen and oxygen atoms in total. The second-order valence-electron chi connectivity index (χ2n) is 7.05. The summed E-state index contributed by atoms with van der Waals surface area (Å²) in [5.41, 5.74) is 2.91. The lowest BCUT2D eigenvalue weighted by Crippen LogP contribution is -2.57. The van der Waals surface area contributed by atoms with Crippen LogP contribution in [0.3, 0.4) is 0 Å². The molecule has 5 atom stereocenters. The largest absolute Gasteiger partial charge is 0.334 e. The highest BCUT2D eigenvalue weighted by Crippen LogP contribution is 2.60. The van der Waals surface area contributed by atoms with Crippen molar-refractivity contribution in [3.05, 3.63) is 35.4 Å². The summed E-state index contributed by atoms with van der Waals surface area (Å²) in [5.74, 6) is 1.75. The van der Waals surface area contributed by atoms with Crippen molar-refractivity contribution in [1.29, 1.82) is 0 Å². The van der Waals surface area contributed by atoms with Crippen molar-refractivity contribution in [3.63, 3.8) is 0 Å². The Morgan fingerprint density at radius 3 is 2.67 bits per heavy atom. The van der Waals surface area contributed by atoms with Gasteiger partial charge in [-0.25, -0.2) is 0 Å². The van der Waals surface area contributed by atoms with Crippen LogP contribution in [0.25, 0.3) is 0 Å². The minimum Gasteiger partial charge on any atom is -0.334 e. The van der Waals surface area contributed by atoms with Gasteiger partial charge in [-0.1, -0.05) is 24.3 Å². The summed E-state index contributed by atoms with van der Waals surface area (Å²) in [7, 11) is 0. The predicted octanol–water partition coefficient (Wildman–Crippen LogP) is 2.17. The molecule has 1 saturated carbocycles. The number of benzene rings is 1. The van der Waals surface area contributed by atoms with Crippen LogP contribution in [0.2, 0.25) is 0 Å². The number of carbonyl (C=O) groups excluding carboxylic acids is 1. The summed E-state index contributed by atoms with van der Waals surface area (Å²) >= 11 is 0. The third-order valence-electron chi connectivity index (χ3n) is 5.70. The van der Waals surface area contributed by atoms with Crippen LogP contribution in [-0.2, 0) is 11.2 Å². The molecule has 1 heterocycles. The minimum absolute atomic E-state index is 0.247. The number of carbonyl (C=O) groups is 1. The van der Waals surface area contributed by atoms with Crippen molar-refractivity contribution in [3.8, 4) is 0 Å². The molecule has 3 aliphatic rings. The van der Waals surface area contributed by atoms with E-state index in [4.69, 9.17) is 0 Å². The van der Waals surface area contributed by atoms with Gasteiger partial charge in [0, 0.05) is 31.1 Å². The Hall–Kier alpha value is -1.35. The SMILES string of the molecule is CC1CNCC(C)N1C(=O)C1C2CCc3ccccc3C21. The number of hydrogen-bond acceptors (Lipinski definition) is 2. The fourth-order valence-electron chi connectivity index (χ4n) is 4.64.